The van der Waals surface area contributed by atoms with Crippen LogP contribution in [0.3, 0.4) is 0 Å². The molecule has 0 fully saturated rings. The molecule has 4 rings (SSSR count). The van der Waals surface area contributed by atoms with Crippen LogP contribution < -0.4 is 10.9 Å². The van der Waals surface area contributed by atoms with Crippen LogP contribution >= 0.6 is 22.7 Å². The molecule has 1 aliphatic rings. The standard InChI is InChI=1S/C20H21N3O2S2/c1-12-6-7-15-13(10-12)11-17(26-15)20(25)23-22-18(24)8-9-19-21-14-4-2-3-5-16(14)27-19/h2-5,11-12H,6-10H2,1H3,(H,22,24)(H,23,25)/t12-/m0/s1. The number of carbonyl (C=O) groups excluding carboxylic acids is 2. The molecule has 2 aromatic heterocycles. The highest BCUT2D eigenvalue weighted by Crippen LogP contribution is 2.32. The molecule has 0 spiro atoms. The van der Waals surface area contributed by atoms with E-state index in [1.807, 2.05) is 30.3 Å². The highest BCUT2D eigenvalue weighted by Gasteiger charge is 2.20. The fraction of sp³-hybridized carbons (Fsp3) is 0.350. The minimum Gasteiger partial charge on any atom is -0.273 e. The van der Waals surface area contributed by atoms with Gasteiger partial charge < -0.3 is 0 Å². The molecule has 2 amide bonds. The quantitative estimate of drug-likeness (QED) is 0.654. The highest BCUT2D eigenvalue weighted by atomic mass is 32.1. The monoisotopic (exact) mass is 399 g/mol. The van der Waals surface area contributed by atoms with Gasteiger partial charge in [-0.3, -0.25) is 20.4 Å². The lowest BCUT2D eigenvalue weighted by atomic mass is 9.90. The average molecular weight is 400 g/mol. The van der Waals surface area contributed by atoms with Crippen LogP contribution in [0.1, 0.15) is 44.9 Å². The third kappa shape index (κ3) is 4.20. The number of nitrogens with zero attached hydrogens (tertiary/aromatic N) is 1. The summed E-state index contributed by atoms with van der Waals surface area (Å²) in [5.41, 5.74) is 7.30. The molecule has 140 valence electrons. The van der Waals surface area contributed by atoms with Gasteiger partial charge in [0, 0.05) is 17.7 Å². The first-order valence-corrected chi connectivity index (χ1v) is 10.8. The largest absolute Gasteiger partial charge is 0.279 e. The lowest BCUT2D eigenvalue weighted by Gasteiger charge is -2.16. The van der Waals surface area contributed by atoms with E-state index in [9.17, 15) is 9.59 Å². The Labute approximate surface area is 165 Å². The Morgan fingerprint density at radius 1 is 1.22 bits per heavy atom. The van der Waals surface area contributed by atoms with Gasteiger partial charge in [-0.25, -0.2) is 4.98 Å². The lowest BCUT2D eigenvalue weighted by molar-refractivity contribution is -0.121. The molecule has 1 aromatic carbocycles. The predicted octanol–water partition coefficient (Wildman–Crippen LogP) is 3.88. The summed E-state index contributed by atoms with van der Waals surface area (Å²) in [5, 5.41) is 0.928. The van der Waals surface area contributed by atoms with Crippen molar-refractivity contribution in [3.8, 4) is 0 Å². The van der Waals surface area contributed by atoms with Gasteiger partial charge in [0.25, 0.3) is 5.91 Å². The Morgan fingerprint density at radius 2 is 2.07 bits per heavy atom. The van der Waals surface area contributed by atoms with Crippen LogP contribution in [0.15, 0.2) is 30.3 Å². The van der Waals surface area contributed by atoms with Gasteiger partial charge in [-0.1, -0.05) is 19.1 Å². The summed E-state index contributed by atoms with van der Waals surface area (Å²) in [5.74, 6) is 0.221. The molecular formula is C20H21N3O2S2. The van der Waals surface area contributed by atoms with Gasteiger partial charge >= 0.3 is 0 Å². The zero-order chi connectivity index (χ0) is 18.8. The normalized spacial score (nSPS) is 16.1. The number of benzene rings is 1. The maximum Gasteiger partial charge on any atom is 0.279 e. The van der Waals surface area contributed by atoms with Gasteiger partial charge in [0.15, 0.2) is 0 Å². The average Bonchev–Trinajstić information content (AvgIpc) is 3.27. The van der Waals surface area contributed by atoms with Gasteiger partial charge in [-0.2, -0.15) is 0 Å². The first-order valence-electron chi connectivity index (χ1n) is 9.13. The Kier molecular flexibility index (Phi) is 5.22. The number of amides is 2. The van der Waals surface area contributed by atoms with Gasteiger partial charge in [-0.05, 0) is 48.9 Å². The van der Waals surface area contributed by atoms with Gasteiger partial charge in [0.2, 0.25) is 5.91 Å². The third-order valence-electron chi connectivity index (χ3n) is 4.77. The molecule has 5 nitrogen and oxygen atoms in total. The lowest BCUT2D eigenvalue weighted by Crippen LogP contribution is -2.41. The molecule has 2 N–H and O–H groups in total. The smallest absolute Gasteiger partial charge is 0.273 e. The maximum absolute atomic E-state index is 12.3. The summed E-state index contributed by atoms with van der Waals surface area (Å²) in [7, 11) is 0. The van der Waals surface area contributed by atoms with E-state index in [1.165, 1.54) is 28.2 Å². The summed E-state index contributed by atoms with van der Waals surface area (Å²) in [6, 6.07) is 9.90. The van der Waals surface area contributed by atoms with Crippen LogP contribution in [-0.2, 0) is 24.1 Å². The van der Waals surface area contributed by atoms with Gasteiger partial charge in [0.05, 0.1) is 20.1 Å². The number of thiophene rings is 1. The number of carbonyl (C=O) groups is 2. The number of nitrogens with one attached hydrogen (secondary N) is 2. The first kappa shape index (κ1) is 18.1. The van der Waals surface area contributed by atoms with Crippen LogP contribution in [-0.4, -0.2) is 16.8 Å². The van der Waals surface area contributed by atoms with Crippen molar-refractivity contribution in [3.05, 3.63) is 50.7 Å². The summed E-state index contributed by atoms with van der Waals surface area (Å²) < 4.78 is 1.12. The molecular weight excluding hydrogens is 378 g/mol. The van der Waals surface area contributed by atoms with Crippen molar-refractivity contribution in [3.63, 3.8) is 0 Å². The number of hydrazine groups is 1. The molecule has 0 unspecified atom stereocenters. The molecule has 0 saturated carbocycles. The molecule has 1 aliphatic carbocycles. The second-order valence-corrected chi connectivity index (χ2v) is 9.24. The van der Waals surface area contributed by atoms with E-state index < -0.39 is 0 Å². The minimum atomic E-state index is -0.240. The number of para-hydroxylation sites is 1. The van der Waals surface area contributed by atoms with E-state index in [0.717, 1.165) is 28.1 Å². The summed E-state index contributed by atoms with van der Waals surface area (Å²) in [6.45, 7) is 2.24. The van der Waals surface area contributed by atoms with Crippen LogP contribution in [0, 0.1) is 5.92 Å². The first-order chi connectivity index (χ1) is 13.1. The van der Waals surface area contributed by atoms with E-state index in [2.05, 4.69) is 22.8 Å². The number of aryl methyl sites for hydroxylation is 2. The minimum absolute atomic E-state index is 0.211. The van der Waals surface area contributed by atoms with Crippen LogP contribution in [0.25, 0.3) is 10.2 Å². The van der Waals surface area contributed by atoms with Crippen molar-refractivity contribution in [2.24, 2.45) is 5.92 Å². The fourth-order valence-corrected chi connectivity index (χ4v) is 5.39. The predicted molar refractivity (Wildman–Crippen MR) is 109 cm³/mol. The second kappa shape index (κ2) is 7.78. The Hall–Kier alpha value is -2.25. The summed E-state index contributed by atoms with van der Waals surface area (Å²) in [6.07, 6.45) is 4.11. The van der Waals surface area contributed by atoms with Crippen molar-refractivity contribution < 1.29 is 9.59 Å². The Morgan fingerprint density at radius 3 is 2.93 bits per heavy atom. The zero-order valence-electron chi connectivity index (χ0n) is 15.1. The molecule has 2 heterocycles. The van der Waals surface area contributed by atoms with Crippen molar-refractivity contribution in [1.29, 1.82) is 0 Å². The molecule has 1 atom stereocenters. The van der Waals surface area contributed by atoms with E-state index in [4.69, 9.17) is 0 Å². The van der Waals surface area contributed by atoms with E-state index in [0.29, 0.717) is 23.6 Å². The van der Waals surface area contributed by atoms with E-state index in [-0.39, 0.29) is 11.8 Å². The number of aromatic nitrogens is 1. The van der Waals surface area contributed by atoms with Crippen molar-refractivity contribution in [2.45, 2.75) is 39.0 Å². The van der Waals surface area contributed by atoms with Gasteiger partial charge in [-0.15, -0.1) is 22.7 Å². The van der Waals surface area contributed by atoms with E-state index >= 15 is 0 Å². The highest BCUT2D eigenvalue weighted by molar-refractivity contribution is 7.18. The zero-order valence-corrected chi connectivity index (χ0v) is 16.7. The molecule has 0 bridgehead atoms. The summed E-state index contributed by atoms with van der Waals surface area (Å²) >= 11 is 3.14. The fourth-order valence-electron chi connectivity index (χ4n) is 3.32. The number of hydrogen-bond acceptors (Lipinski definition) is 5. The Bertz CT molecular complexity index is 959. The number of rotatable bonds is 4. The molecule has 0 aliphatic heterocycles. The van der Waals surface area contributed by atoms with Crippen LogP contribution in [0.2, 0.25) is 0 Å². The van der Waals surface area contributed by atoms with Crippen molar-refractivity contribution >= 4 is 44.7 Å². The maximum atomic E-state index is 12.3. The Balaban J connectivity index is 1.28. The topological polar surface area (TPSA) is 71.1 Å². The van der Waals surface area contributed by atoms with E-state index in [1.54, 1.807) is 11.3 Å². The van der Waals surface area contributed by atoms with Crippen molar-refractivity contribution in [2.75, 3.05) is 0 Å². The molecule has 0 saturated heterocycles. The second-order valence-electron chi connectivity index (χ2n) is 6.98. The third-order valence-corrected chi connectivity index (χ3v) is 7.10. The van der Waals surface area contributed by atoms with Crippen LogP contribution in [0.5, 0.6) is 0 Å². The number of hydrogen-bond donors (Lipinski definition) is 2. The van der Waals surface area contributed by atoms with Crippen molar-refractivity contribution in [1.82, 2.24) is 15.8 Å². The molecule has 3 aromatic rings. The molecule has 0 radical (unpaired) electrons. The number of thiazole rings is 1. The molecule has 27 heavy (non-hydrogen) atoms. The molecule has 7 heteroatoms. The van der Waals surface area contributed by atoms with Gasteiger partial charge in [0.1, 0.15) is 0 Å². The number of fused-ring (bicyclic) bond motifs is 2. The SMILES string of the molecule is C[C@H]1CCc2sc(C(=O)NNC(=O)CCc3nc4ccccc4s3)cc2C1. The summed E-state index contributed by atoms with van der Waals surface area (Å²) in [4.78, 5) is 30.9. The van der Waals surface area contributed by atoms with Crippen LogP contribution in [0.4, 0.5) is 0 Å².